The molecule has 1 unspecified atom stereocenters. The predicted octanol–water partition coefficient (Wildman–Crippen LogP) is 1.98. The number of amides is 1. The zero-order chi connectivity index (χ0) is 13.2. The van der Waals surface area contributed by atoms with E-state index in [1.54, 1.807) is 4.57 Å². The maximum atomic E-state index is 12.1. The molecule has 17 heavy (non-hydrogen) atoms. The molecule has 0 radical (unpaired) electrons. The summed E-state index contributed by atoms with van der Waals surface area (Å²) >= 11 is 5.14. The van der Waals surface area contributed by atoms with Crippen molar-refractivity contribution in [2.75, 3.05) is 0 Å². The number of carbonyl (C=O) groups excluding carboxylic acids is 1. The van der Waals surface area contributed by atoms with Crippen LogP contribution in [0.15, 0.2) is 0 Å². The van der Waals surface area contributed by atoms with E-state index in [2.05, 4.69) is 15.5 Å². The van der Waals surface area contributed by atoms with Crippen LogP contribution in [0.25, 0.3) is 0 Å². The second-order valence-electron chi connectivity index (χ2n) is 5.08. The Morgan fingerprint density at radius 3 is 2.65 bits per heavy atom. The molecular formula is C11H20N4OS. The number of hydrogen-bond acceptors (Lipinski definition) is 3. The SMILES string of the molecule is CCc1n[nH]c(=S)n1C(C)C(=O)NC(C)(C)C. The standard InChI is InChI=1S/C11H20N4OS/c1-6-8-13-14-10(17)15(8)7(2)9(16)12-11(3,4)5/h7H,6H2,1-5H3,(H,12,16)(H,14,17). The highest BCUT2D eigenvalue weighted by atomic mass is 32.1. The summed E-state index contributed by atoms with van der Waals surface area (Å²) in [4.78, 5) is 12.1. The third-order valence-electron chi connectivity index (χ3n) is 2.36. The molecule has 0 bridgehead atoms. The molecule has 0 aromatic carbocycles. The van der Waals surface area contributed by atoms with Gasteiger partial charge >= 0.3 is 0 Å². The Morgan fingerprint density at radius 2 is 2.18 bits per heavy atom. The number of aryl methyl sites for hydroxylation is 1. The second kappa shape index (κ2) is 5.00. The predicted molar refractivity (Wildman–Crippen MR) is 69.4 cm³/mol. The Labute approximate surface area is 107 Å². The Morgan fingerprint density at radius 1 is 1.59 bits per heavy atom. The van der Waals surface area contributed by atoms with Gasteiger partial charge in [0.05, 0.1) is 0 Å². The van der Waals surface area contributed by atoms with Gasteiger partial charge in [-0.3, -0.25) is 14.5 Å². The third kappa shape index (κ3) is 3.39. The van der Waals surface area contributed by atoms with Crippen molar-refractivity contribution >= 4 is 18.1 Å². The minimum absolute atomic E-state index is 0.0512. The van der Waals surface area contributed by atoms with Crippen LogP contribution in [-0.4, -0.2) is 26.2 Å². The van der Waals surface area contributed by atoms with E-state index in [4.69, 9.17) is 12.2 Å². The number of H-pyrrole nitrogens is 1. The highest BCUT2D eigenvalue weighted by molar-refractivity contribution is 7.71. The van der Waals surface area contributed by atoms with Gasteiger partial charge in [0.25, 0.3) is 0 Å². The van der Waals surface area contributed by atoms with Crippen molar-refractivity contribution in [1.29, 1.82) is 0 Å². The molecule has 0 fully saturated rings. The molecule has 0 aliphatic heterocycles. The molecule has 0 spiro atoms. The van der Waals surface area contributed by atoms with Crippen molar-refractivity contribution in [3.63, 3.8) is 0 Å². The number of carbonyl (C=O) groups is 1. The van der Waals surface area contributed by atoms with Gasteiger partial charge in [0.15, 0.2) is 4.77 Å². The zero-order valence-corrected chi connectivity index (χ0v) is 11.8. The van der Waals surface area contributed by atoms with Crippen LogP contribution in [0.1, 0.15) is 46.5 Å². The van der Waals surface area contributed by atoms with Crippen molar-refractivity contribution in [2.45, 2.75) is 52.6 Å². The van der Waals surface area contributed by atoms with Gasteiger partial charge < -0.3 is 5.32 Å². The summed E-state index contributed by atoms with van der Waals surface area (Å²) < 4.78 is 2.24. The van der Waals surface area contributed by atoms with Crippen molar-refractivity contribution in [2.24, 2.45) is 0 Å². The Balaban J connectivity index is 2.96. The van der Waals surface area contributed by atoms with Crippen molar-refractivity contribution in [1.82, 2.24) is 20.1 Å². The molecule has 5 nitrogen and oxygen atoms in total. The monoisotopic (exact) mass is 256 g/mol. The fourth-order valence-corrected chi connectivity index (χ4v) is 1.89. The number of rotatable bonds is 3. The Bertz CT molecular complexity index is 455. The lowest BCUT2D eigenvalue weighted by molar-refractivity contribution is -0.125. The van der Waals surface area contributed by atoms with E-state index in [0.29, 0.717) is 4.77 Å². The summed E-state index contributed by atoms with van der Waals surface area (Å²) in [5.41, 5.74) is -0.246. The lowest BCUT2D eigenvalue weighted by Crippen LogP contribution is -2.44. The number of nitrogens with zero attached hydrogens (tertiary/aromatic N) is 2. The van der Waals surface area contributed by atoms with E-state index < -0.39 is 0 Å². The van der Waals surface area contributed by atoms with E-state index in [9.17, 15) is 4.79 Å². The number of aromatic nitrogens is 3. The van der Waals surface area contributed by atoms with Gasteiger partial charge in [0, 0.05) is 12.0 Å². The molecule has 0 saturated heterocycles. The van der Waals surface area contributed by atoms with Crippen LogP contribution in [0.2, 0.25) is 0 Å². The largest absolute Gasteiger partial charge is 0.350 e. The Hall–Kier alpha value is -1.17. The molecule has 1 aromatic rings. The minimum atomic E-state index is -0.351. The molecule has 2 N–H and O–H groups in total. The quantitative estimate of drug-likeness (QED) is 0.813. The molecular weight excluding hydrogens is 236 g/mol. The molecule has 6 heteroatoms. The lowest BCUT2D eigenvalue weighted by atomic mass is 10.1. The van der Waals surface area contributed by atoms with Gasteiger partial charge in [-0.25, -0.2) is 0 Å². The molecule has 1 aromatic heterocycles. The Kier molecular flexibility index (Phi) is 4.08. The van der Waals surface area contributed by atoms with E-state index in [0.717, 1.165) is 12.2 Å². The molecule has 1 atom stereocenters. The highest BCUT2D eigenvalue weighted by Crippen LogP contribution is 2.12. The molecule has 1 heterocycles. The number of hydrogen-bond donors (Lipinski definition) is 2. The average Bonchev–Trinajstić information content (AvgIpc) is 2.55. The fraction of sp³-hybridized carbons (Fsp3) is 0.727. The second-order valence-corrected chi connectivity index (χ2v) is 5.47. The third-order valence-corrected chi connectivity index (χ3v) is 2.65. The van der Waals surface area contributed by atoms with E-state index >= 15 is 0 Å². The molecule has 0 aliphatic carbocycles. The van der Waals surface area contributed by atoms with Crippen molar-refractivity contribution in [3.05, 3.63) is 10.6 Å². The highest BCUT2D eigenvalue weighted by Gasteiger charge is 2.22. The van der Waals surface area contributed by atoms with Crippen LogP contribution >= 0.6 is 12.2 Å². The van der Waals surface area contributed by atoms with Gasteiger partial charge in [-0.1, -0.05) is 6.92 Å². The molecule has 0 aliphatic rings. The first-order valence-electron chi connectivity index (χ1n) is 5.74. The van der Waals surface area contributed by atoms with Gasteiger partial charge in [-0.15, -0.1) is 0 Å². The minimum Gasteiger partial charge on any atom is -0.350 e. The van der Waals surface area contributed by atoms with Crippen LogP contribution in [0.4, 0.5) is 0 Å². The van der Waals surface area contributed by atoms with Gasteiger partial charge in [0.1, 0.15) is 11.9 Å². The van der Waals surface area contributed by atoms with E-state index in [1.807, 2.05) is 34.6 Å². The van der Waals surface area contributed by atoms with Gasteiger partial charge in [-0.2, -0.15) is 5.10 Å². The van der Waals surface area contributed by atoms with Gasteiger partial charge in [0.2, 0.25) is 5.91 Å². The summed E-state index contributed by atoms with van der Waals surface area (Å²) in [5.74, 6) is 0.747. The first-order valence-corrected chi connectivity index (χ1v) is 6.15. The van der Waals surface area contributed by atoms with Crippen LogP contribution < -0.4 is 5.32 Å². The smallest absolute Gasteiger partial charge is 0.243 e. The summed E-state index contributed by atoms with van der Waals surface area (Å²) in [6.07, 6.45) is 0.736. The number of aromatic amines is 1. The average molecular weight is 256 g/mol. The van der Waals surface area contributed by atoms with Crippen LogP contribution in [0.5, 0.6) is 0 Å². The number of nitrogens with one attached hydrogen (secondary N) is 2. The molecule has 96 valence electrons. The van der Waals surface area contributed by atoms with Crippen LogP contribution in [0, 0.1) is 4.77 Å². The van der Waals surface area contributed by atoms with E-state index in [1.165, 1.54) is 0 Å². The lowest BCUT2D eigenvalue weighted by Gasteiger charge is -2.24. The fourth-order valence-electron chi connectivity index (χ4n) is 1.58. The molecule has 0 saturated carbocycles. The molecule has 1 rings (SSSR count). The van der Waals surface area contributed by atoms with Crippen LogP contribution in [0.3, 0.4) is 0 Å². The maximum Gasteiger partial charge on any atom is 0.243 e. The maximum absolute atomic E-state index is 12.1. The topological polar surface area (TPSA) is 62.7 Å². The van der Waals surface area contributed by atoms with E-state index in [-0.39, 0.29) is 17.5 Å². The summed E-state index contributed by atoms with van der Waals surface area (Å²) in [5, 5.41) is 9.76. The van der Waals surface area contributed by atoms with Gasteiger partial charge in [-0.05, 0) is 39.9 Å². The summed E-state index contributed by atoms with van der Waals surface area (Å²) in [6.45, 7) is 9.66. The summed E-state index contributed by atoms with van der Waals surface area (Å²) in [7, 11) is 0. The van der Waals surface area contributed by atoms with Crippen molar-refractivity contribution < 1.29 is 4.79 Å². The first kappa shape index (κ1) is 13.9. The zero-order valence-electron chi connectivity index (χ0n) is 11.0. The van der Waals surface area contributed by atoms with Crippen molar-refractivity contribution in [3.8, 4) is 0 Å². The first-order chi connectivity index (χ1) is 7.76. The summed E-state index contributed by atoms with van der Waals surface area (Å²) in [6, 6.07) is -0.351. The molecule has 1 amide bonds. The van der Waals surface area contributed by atoms with Crippen LogP contribution in [-0.2, 0) is 11.2 Å². The normalized spacial score (nSPS) is 13.5.